The van der Waals surface area contributed by atoms with E-state index in [2.05, 4.69) is 13.8 Å². The lowest BCUT2D eigenvalue weighted by Crippen LogP contribution is -3.16. The van der Waals surface area contributed by atoms with E-state index in [-0.39, 0.29) is 12.2 Å². The Kier molecular flexibility index (Phi) is 5.40. The van der Waals surface area contributed by atoms with E-state index < -0.39 is 6.10 Å². The van der Waals surface area contributed by atoms with Crippen LogP contribution in [0, 0.1) is 6.92 Å². The number of morpholine rings is 1. The quantitative estimate of drug-likeness (QED) is 0.822. The maximum atomic E-state index is 10.1. The SMILES string of the molecule is Cc1cccc(OC[C@@H](O)C[NH+]2C[C@@H](C)O[C@H](C)C2)c1. The molecule has 1 aliphatic heterocycles. The topological polar surface area (TPSA) is 43.1 Å². The molecule has 20 heavy (non-hydrogen) atoms. The summed E-state index contributed by atoms with van der Waals surface area (Å²) in [6.45, 7) is 9.17. The zero-order chi connectivity index (χ0) is 14.5. The molecule has 1 aromatic carbocycles. The average Bonchev–Trinajstić information content (AvgIpc) is 2.35. The summed E-state index contributed by atoms with van der Waals surface area (Å²) >= 11 is 0. The first kappa shape index (κ1) is 15.3. The molecule has 0 aliphatic carbocycles. The highest BCUT2D eigenvalue weighted by Crippen LogP contribution is 2.12. The molecular formula is C16H26NO3+. The molecule has 1 heterocycles. The lowest BCUT2D eigenvalue weighted by atomic mass is 10.2. The molecule has 0 spiro atoms. The lowest BCUT2D eigenvalue weighted by Gasteiger charge is -2.33. The van der Waals surface area contributed by atoms with Crippen molar-refractivity contribution in [3.05, 3.63) is 29.8 Å². The summed E-state index contributed by atoms with van der Waals surface area (Å²) in [5.74, 6) is 0.822. The van der Waals surface area contributed by atoms with Gasteiger partial charge in [0.25, 0.3) is 0 Å². The van der Waals surface area contributed by atoms with Crippen molar-refractivity contribution in [3.8, 4) is 5.75 Å². The van der Waals surface area contributed by atoms with Crippen molar-refractivity contribution in [2.45, 2.75) is 39.1 Å². The second-order valence-corrected chi connectivity index (χ2v) is 5.90. The van der Waals surface area contributed by atoms with Crippen molar-refractivity contribution in [2.75, 3.05) is 26.2 Å². The molecule has 1 saturated heterocycles. The minimum atomic E-state index is -0.442. The van der Waals surface area contributed by atoms with Gasteiger partial charge in [0.1, 0.15) is 50.3 Å². The average molecular weight is 280 g/mol. The zero-order valence-electron chi connectivity index (χ0n) is 12.6. The van der Waals surface area contributed by atoms with Crippen molar-refractivity contribution in [1.82, 2.24) is 0 Å². The number of aliphatic hydroxyl groups is 1. The Balaban J connectivity index is 1.76. The van der Waals surface area contributed by atoms with Crippen LogP contribution in [-0.2, 0) is 4.74 Å². The molecule has 112 valence electrons. The number of rotatable bonds is 5. The molecule has 2 rings (SSSR count). The first-order chi connectivity index (χ1) is 9.52. The number of hydrogen-bond donors (Lipinski definition) is 2. The Morgan fingerprint density at radius 2 is 2.05 bits per heavy atom. The molecule has 0 bridgehead atoms. The van der Waals surface area contributed by atoms with Gasteiger partial charge in [0, 0.05) is 0 Å². The molecule has 0 amide bonds. The fourth-order valence-electron chi connectivity index (χ4n) is 2.85. The smallest absolute Gasteiger partial charge is 0.137 e. The van der Waals surface area contributed by atoms with Crippen molar-refractivity contribution in [2.24, 2.45) is 0 Å². The van der Waals surface area contributed by atoms with Crippen LogP contribution in [0.25, 0.3) is 0 Å². The molecule has 3 atom stereocenters. The van der Waals surface area contributed by atoms with E-state index in [1.807, 2.05) is 31.2 Å². The molecule has 1 aromatic rings. The molecule has 4 nitrogen and oxygen atoms in total. The number of ether oxygens (including phenoxy) is 2. The van der Waals surface area contributed by atoms with Gasteiger partial charge in [-0.1, -0.05) is 12.1 Å². The molecule has 0 unspecified atom stereocenters. The molecule has 4 heteroatoms. The van der Waals surface area contributed by atoms with Gasteiger partial charge in [0.2, 0.25) is 0 Å². The minimum absolute atomic E-state index is 0.263. The third kappa shape index (κ3) is 4.78. The van der Waals surface area contributed by atoms with Crippen molar-refractivity contribution in [1.29, 1.82) is 0 Å². The standard InChI is InChI=1S/C16H25NO3/c1-12-5-4-6-16(7-12)19-11-15(18)10-17-8-13(2)20-14(3)9-17/h4-7,13-15,18H,8-11H2,1-3H3/p+1/t13-,14-,15+/m1/s1. The minimum Gasteiger partial charge on any atom is -0.491 e. The van der Waals surface area contributed by atoms with Gasteiger partial charge in [-0.3, -0.25) is 0 Å². The van der Waals surface area contributed by atoms with Crippen LogP contribution in [0.1, 0.15) is 19.4 Å². The Morgan fingerprint density at radius 1 is 1.35 bits per heavy atom. The van der Waals surface area contributed by atoms with E-state index in [1.165, 1.54) is 10.5 Å². The van der Waals surface area contributed by atoms with Crippen LogP contribution in [0.15, 0.2) is 24.3 Å². The predicted octanol–water partition coefficient (Wildman–Crippen LogP) is 0.427. The van der Waals surface area contributed by atoms with E-state index in [0.29, 0.717) is 13.2 Å². The van der Waals surface area contributed by atoms with Crippen molar-refractivity contribution >= 4 is 0 Å². The van der Waals surface area contributed by atoms with Gasteiger partial charge < -0.3 is 19.5 Å². The summed E-state index contributed by atoms with van der Waals surface area (Å²) in [6.07, 6.45) is 0.0836. The highest BCUT2D eigenvalue weighted by Gasteiger charge is 2.27. The monoisotopic (exact) mass is 280 g/mol. The van der Waals surface area contributed by atoms with Gasteiger partial charge in [-0.2, -0.15) is 0 Å². The van der Waals surface area contributed by atoms with Crippen LogP contribution < -0.4 is 9.64 Å². The van der Waals surface area contributed by atoms with E-state index >= 15 is 0 Å². The number of nitrogens with one attached hydrogen (secondary N) is 1. The first-order valence-electron chi connectivity index (χ1n) is 7.39. The van der Waals surface area contributed by atoms with Gasteiger partial charge in [-0.05, 0) is 38.5 Å². The summed E-state index contributed by atoms with van der Waals surface area (Å²) in [5.41, 5.74) is 1.17. The Morgan fingerprint density at radius 3 is 2.70 bits per heavy atom. The van der Waals surface area contributed by atoms with Crippen LogP contribution in [-0.4, -0.2) is 49.7 Å². The molecule has 2 N–H and O–H groups in total. The van der Waals surface area contributed by atoms with E-state index in [0.717, 1.165) is 18.8 Å². The molecule has 0 aromatic heterocycles. The van der Waals surface area contributed by atoms with Crippen LogP contribution in [0.5, 0.6) is 5.75 Å². The molecular weight excluding hydrogens is 254 g/mol. The van der Waals surface area contributed by atoms with E-state index in [1.54, 1.807) is 0 Å². The summed E-state index contributed by atoms with van der Waals surface area (Å²) in [4.78, 5) is 1.39. The zero-order valence-corrected chi connectivity index (χ0v) is 12.6. The number of quaternary nitrogens is 1. The largest absolute Gasteiger partial charge is 0.491 e. The Bertz CT molecular complexity index is 414. The number of aliphatic hydroxyl groups excluding tert-OH is 1. The molecule has 0 radical (unpaired) electrons. The second kappa shape index (κ2) is 7.07. The van der Waals surface area contributed by atoms with Crippen molar-refractivity contribution < 1.29 is 19.5 Å². The predicted molar refractivity (Wildman–Crippen MR) is 78.3 cm³/mol. The number of hydrogen-bond acceptors (Lipinski definition) is 3. The van der Waals surface area contributed by atoms with Crippen molar-refractivity contribution in [3.63, 3.8) is 0 Å². The maximum absolute atomic E-state index is 10.1. The van der Waals surface area contributed by atoms with Gasteiger partial charge in [-0.25, -0.2) is 0 Å². The first-order valence-corrected chi connectivity index (χ1v) is 7.39. The fraction of sp³-hybridized carbons (Fsp3) is 0.625. The van der Waals surface area contributed by atoms with Crippen LogP contribution in [0.2, 0.25) is 0 Å². The van der Waals surface area contributed by atoms with Gasteiger partial charge in [0.15, 0.2) is 0 Å². The highest BCUT2D eigenvalue weighted by molar-refractivity contribution is 5.27. The summed E-state index contributed by atoms with van der Waals surface area (Å²) in [6, 6.07) is 7.90. The summed E-state index contributed by atoms with van der Waals surface area (Å²) in [7, 11) is 0. The third-order valence-electron chi connectivity index (χ3n) is 3.57. The van der Waals surface area contributed by atoms with Gasteiger partial charge in [-0.15, -0.1) is 0 Å². The maximum Gasteiger partial charge on any atom is 0.137 e. The third-order valence-corrected chi connectivity index (χ3v) is 3.57. The number of aryl methyl sites for hydroxylation is 1. The van der Waals surface area contributed by atoms with Crippen LogP contribution in [0.4, 0.5) is 0 Å². The molecule has 1 fully saturated rings. The highest BCUT2D eigenvalue weighted by atomic mass is 16.5. The lowest BCUT2D eigenvalue weighted by molar-refractivity contribution is -0.918. The molecule has 0 saturated carbocycles. The summed E-state index contributed by atoms with van der Waals surface area (Å²) in [5, 5.41) is 10.1. The van der Waals surface area contributed by atoms with Crippen LogP contribution in [0.3, 0.4) is 0 Å². The summed E-state index contributed by atoms with van der Waals surface area (Å²) < 4.78 is 11.4. The van der Waals surface area contributed by atoms with Gasteiger partial charge >= 0.3 is 0 Å². The normalized spacial score (nSPS) is 28.1. The molecule has 1 aliphatic rings. The van der Waals surface area contributed by atoms with Gasteiger partial charge in [0.05, 0.1) is 0 Å². The second-order valence-electron chi connectivity index (χ2n) is 5.90. The Labute approximate surface area is 121 Å². The fourth-order valence-corrected chi connectivity index (χ4v) is 2.85. The van der Waals surface area contributed by atoms with E-state index in [4.69, 9.17) is 9.47 Å². The van der Waals surface area contributed by atoms with Crippen LogP contribution >= 0.6 is 0 Å². The number of benzene rings is 1. The Hall–Kier alpha value is -1.10. The van der Waals surface area contributed by atoms with E-state index in [9.17, 15) is 5.11 Å².